The number of hydrogen-bond acceptors (Lipinski definition) is 3. The third kappa shape index (κ3) is 4.32. The molecule has 3 rings (SSSR count). The van der Waals surface area contributed by atoms with Gasteiger partial charge in [-0.05, 0) is 30.9 Å². The molecule has 2 aromatic rings. The Hall–Kier alpha value is -2.89. The molecule has 2 amide bonds. The summed E-state index contributed by atoms with van der Waals surface area (Å²) in [5.41, 5.74) is 1.55. The Labute approximate surface area is 165 Å². The molecule has 148 valence electrons. The normalized spacial score (nSPS) is 14.5. The molecule has 2 N–H and O–H groups in total. The Balaban J connectivity index is 1.91. The number of nitrogens with one attached hydrogen (secondary N) is 2. The van der Waals surface area contributed by atoms with Crippen molar-refractivity contribution in [1.82, 2.24) is 15.2 Å². The smallest absolute Gasteiger partial charge is 0.257 e. The van der Waals surface area contributed by atoms with Crippen LogP contribution in [0.15, 0.2) is 41.5 Å². The fourth-order valence-corrected chi connectivity index (χ4v) is 3.73. The van der Waals surface area contributed by atoms with Crippen LogP contribution in [0.3, 0.4) is 0 Å². The minimum atomic E-state index is -0.534. The van der Waals surface area contributed by atoms with Crippen LogP contribution in [0.5, 0.6) is 0 Å². The maximum absolute atomic E-state index is 12.8. The number of hydrogen-bond donors (Lipinski definition) is 2. The van der Waals surface area contributed by atoms with Crippen LogP contribution in [-0.2, 0) is 6.54 Å². The molecular formula is C22H27N3O3. The monoisotopic (exact) mass is 381 g/mol. The molecule has 6 heteroatoms. The summed E-state index contributed by atoms with van der Waals surface area (Å²) in [6, 6.07) is 7.98. The second-order valence-electron chi connectivity index (χ2n) is 7.34. The van der Waals surface area contributed by atoms with Crippen LogP contribution in [0, 0.1) is 6.92 Å². The lowest BCUT2D eigenvalue weighted by Crippen LogP contribution is -2.35. The van der Waals surface area contributed by atoms with Gasteiger partial charge in [0.25, 0.3) is 11.8 Å². The van der Waals surface area contributed by atoms with Gasteiger partial charge in [-0.3, -0.25) is 14.4 Å². The van der Waals surface area contributed by atoms with E-state index < -0.39 is 17.2 Å². The van der Waals surface area contributed by atoms with E-state index >= 15 is 0 Å². The molecule has 1 heterocycles. The summed E-state index contributed by atoms with van der Waals surface area (Å²) in [6.07, 6.45) is 8.60. The predicted molar refractivity (Wildman–Crippen MR) is 109 cm³/mol. The summed E-state index contributed by atoms with van der Waals surface area (Å²) in [5.74, 6) is -0.924. The molecule has 0 aliphatic heterocycles. The van der Waals surface area contributed by atoms with Gasteiger partial charge in [0.1, 0.15) is 11.1 Å². The van der Waals surface area contributed by atoms with Crippen molar-refractivity contribution < 1.29 is 9.59 Å². The molecule has 0 spiro atoms. The molecule has 0 unspecified atom stereocenters. The first-order valence-electron chi connectivity index (χ1n) is 9.82. The summed E-state index contributed by atoms with van der Waals surface area (Å²) in [6.45, 7) is 2.31. The fraction of sp³-hybridized carbons (Fsp3) is 0.409. The molecule has 1 aromatic carbocycles. The van der Waals surface area contributed by atoms with Gasteiger partial charge >= 0.3 is 0 Å². The number of pyridine rings is 1. The van der Waals surface area contributed by atoms with Crippen molar-refractivity contribution >= 4 is 11.8 Å². The minimum Gasteiger partial charge on any atom is -0.355 e. The molecular weight excluding hydrogens is 354 g/mol. The van der Waals surface area contributed by atoms with E-state index in [1.165, 1.54) is 13.5 Å². The van der Waals surface area contributed by atoms with Crippen molar-refractivity contribution in [3.63, 3.8) is 0 Å². The molecule has 6 nitrogen and oxygen atoms in total. The topological polar surface area (TPSA) is 80.2 Å². The number of aromatic nitrogens is 1. The average molecular weight is 381 g/mol. The molecule has 0 saturated heterocycles. The highest BCUT2D eigenvalue weighted by atomic mass is 16.2. The second kappa shape index (κ2) is 8.87. The van der Waals surface area contributed by atoms with Gasteiger partial charge < -0.3 is 15.2 Å². The number of aryl methyl sites for hydroxylation is 1. The molecule has 28 heavy (non-hydrogen) atoms. The highest BCUT2D eigenvalue weighted by Crippen LogP contribution is 2.28. The van der Waals surface area contributed by atoms with E-state index in [0.717, 1.165) is 36.8 Å². The Bertz CT molecular complexity index is 927. The lowest BCUT2D eigenvalue weighted by molar-refractivity contribution is 0.0948. The summed E-state index contributed by atoms with van der Waals surface area (Å²) in [5, 5.41) is 5.33. The van der Waals surface area contributed by atoms with Crippen LogP contribution in [0.25, 0.3) is 0 Å². The molecule has 1 aliphatic carbocycles. The quantitative estimate of drug-likeness (QED) is 0.836. The van der Waals surface area contributed by atoms with Gasteiger partial charge in [0, 0.05) is 32.0 Å². The van der Waals surface area contributed by atoms with E-state index in [2.05, 4.69) is 10.6 Å². The number of benzene rings is 1. The molecule has 1 fully saturated rings. The third-order valence-electron chi connectivity index (χ3n) is 5.46. The first-order chi connectivity index (χ1) is 13.5. The standard InChI is InChI=1S/C22H27N3O3/c1-15-8-6-7-9-16(15)12-24-22(28)19-14-25(17-10-4-3-5-11-17)13-18(20(19)26)21(27)23-2/h6-9,13-14,17H,3-5,10-12H2,1-2H3,(H,23,27)(H,24,28). The summed E-state index contributed by atoms with van der Waals surface area (Å²) >= 11 is 0. The summed E-state index contributed by atoms with van der Waals surface area (Å²) in [4.78, 5) is 37.8. The van der Waals surface area contributed by atoms with Crippen LogP contribution >= 0.6 is 0 Å². The molecule has 0 radical (unpaired) electrons. The number of amides is 2. The van der Waals surface area contributed by atoms with Gasteiger partial charge in [-0.25, -0.2) is 0 Å². The first-order valence-corrected chi connectivity index (χ1v) is 9.82. The second-order valence-corrected chi connectivity index (χ2v) is 7.34. The number of carbonyl (C=O) groups is 2. The highest BCUT2D eigenvalue weighted by molar-refractivity contribution is 5.99. The largest absolute Gasteiger partial charge is 0.355 e. The van der Waals surface area contributed by atoms with E-state index in [-0.39, 0.29) is 17.2 Å². The molecule has 0 atom stereocenters. The predicted octanol–water partition coefficient (Wildman–Crippen LogP) is 2.95. The Morgan fingerprint density at radius 3 is 2.32 bits per heavy atom. The van der Waals surface area contributed by atoms with Gasteiger partial charge in [-0.15, -0.1) is 0 Å². The first kappa shape index (κ1) is 19.9. The maximum atomic E-state index is 12.8. The van der Waals surface area contributed by atoms with Crippen molar-refractivity contribution in [3.05, 3.63) is 69.1 Å². The minimum absolute atomic E-state index is 0.0108. The molecule has 1 aromatic heterocycles. The van der Waals surface area contributed by atoms with Gasteiger partial charge in [0.05, 0.1) is 0 Å². The van der Waals surface area contributed by atoms with E-state index in [1.807, 2.05) is 35.8 Å². The molecule has 0 bridgehead atoms. The van der Waals surface area contributed by atoms with Crippen molar-refractivity contribution in [2.45, 2.75) is 51.6 Å². The summed E-state index contributed by atoms with van der Waals surface area (Å²) < 4.78 is 1.88. The summed E-state index contributed by atoms with van der Waals surface area (Å²) in [7, 11) is 1.48. The zero-order chi connectivity index (χ0) is 20.1. The Morgan fingerprint density at radius 2 is 1.68 bits per heavy atom. The van der Waals surface area contributed by atoms with Crippen LogP contribution in [-0.4, -0.2) is 23.4 Å². The van der Waals surface area contributed by atoms with Crippen molar-refractivity contribution in [2.75, 3.05) is 7.05 Å². The van der Waals surface area contributed by atoms with E-state index in [0.29, 0.717) is 6.54 Å². The highest BCUT2D eigenvalue weighted by Gasteiger charge is 2.22. The van der Waals surface area contributed by atoms with Crippen molar-refractivity contribution in [3.8, 4) is 0 Å². The number of rotatable bonds is 5. The number of nitrogens with zero attached hydrogens (tertiary/aromatic N) is 1. The van der Waals surface area contributed by atoms with Crippen LogP contribution in [0.1, 0.15) is 70.0 Å². The van der Waals surface area contributed by atoms with E-state index in [4.69, 9.17) is 0 Å². The lowest BCUT2D eigenvalue weighted by atomic mass is 9.95. The Morgan fingerprint density at radius 1 is 1.04 bits per heavy atom. The number of carbonyl (C=O) groups excluding carboxylic acids is 2. The van der Waals surface area contributed by atoms with Gasteiger partial charge in [0.2, 0.25) is 5.43 Å². The third-order valence-corrected chi connectivity index (χ3v) is 5.46. The van der Waals surface area contributed by atoms with Gasteiger partial charge in [-0.2, -0.15) is 0 Å². The van der Waals surface area contributed by atoms with E-state index in [9.17, 15) is 14.4 Å². The van der Waals surface area contributed by atoms with E-state index in [1.54, 1.807) is 12.4 Å². The lowest BCUT2D eigenvalue weighted by Gasteiger charge is -2.25. The average Bonchev–Trinajstić information content (AvgIpc) is 2.73. The zero-order valence-electron chi connectivity index (χ0n) is 16.5. The van der Waals surface area contributed by atoms with Gasteiger partial charge in [-0.1, -0.05) is 43.5 Å². The van der Waals surface area contributed by atoms with Crippen LogP contribution in [0.2, 0.25) is 0 Å². The van der Waals surface area contributed by atoms with Gasteiger partial charge in [0.15, 0.2) is 0 Å². The van der Waals surface area contributed by atoms with Crippen molar-refractivity contribution in [2.24, 2.45) is 0 Å². The van der Waals surface area contributed by atoms with Crippen LogP contribution in [0.4, 0.5) is 0 Å². The molecule has 1 saturated carbocycles. The fourth-order valence-electron chi connectivity index (χ4n) is 3.73. The Kier molecular flexibility index (Phi) is 6.29. The molecule has 1 aliphatic rings. The van der Waals surface area contributed by atoms with Crippen LogP contribution < -0.4 is 16.1 Å². The SMILES string of the molecule is CNC(=O)c1cn(C2CCCCC2)cc(C(=O)NCc2ccccc2C)c1=O. The maximum Gasteiger partial charge on any atom is 0.257 e. The van der Waals surface area contributed by atoms with Crippen molar-refractivity contribution in [1.29, 1.82) is 0 Å². The zero-order valence-corrected chi connectivity index (χ0v) is 16.5.